The van der Waals surface area contributed by atoms with Crippen LogP contribution in [0.2, 0.25) is 0 Å². The molecule has 17 heavy (non-hydrogen) atoms. The third-order valence-corrected chi connectivity index (χ3v) is 3.25. The average Bonchev–Trinajstić information content (AvgIpc) is 2.24. The van der Waals surface area contributed by atoms with Gasteiger partial charge in [-0.15, -0.1) is 0 Å². The maximum Gasteiger partial charge on any atom is 0.240 e. The summed E-state index contributed by atoms with van der Waals surface area (Å²) in [6.07, 6.45) is 1.04. The van der Waals surface area contributed by atoms with E-state index in [2.05, 4.69) is 38.0 Å². The fraction of sp³-hybridized carbons (Fsp3) is 0.923. The maximum absolute atomic E-state index is 12.2. The minimum absolute atomic E-state index is 0.0290. The normalized spacial score (nSPS) is 22.5. The van der Waals surface area contributed by atoms with Crippen LogP contribution in [0.4, 0.5) is 0 Å². The first kappa shape index (κ1) is 14.5. The minimum Gasteiger partial charge on any atom is -0.344 e. The Balaban J connectivity index is 2.40. The second-order valence-electron chi connectivity index (χ2n) is 6.34. The Hall–Kier alpha value is -0.610. The number of carbonyl (C=O) groups excluding carboxylic acids is 1. The molecule has 1 unspecified atom stereocenters. The van der Waals surface area contributed by atoms with Crippen LogP contribution in [0.1, 0.15) is 27.2 Å². The summed E-state index contributed by atoms with van der Waals surface area (Å²) in [6, 6.07) is -0.0290. The van der Waals surface area contributed by atoms with Crippen LogP contribution in [-0.4, -0.2) is 62.0 Å². The number of piperazine rings is 1. The summed E-state index contributed by atoms with van der Waals surface area (Å²) in [6.45, 7) is 10.2. The van der Waals surface area contributed by atoms with E-state index in [1.54, 1.807) is 0 Å². The molecule has 0 aromatic rings. The van der Waals surface area contributed by atoms with Gasteiger partial charge in [0.1, 0.15) is 0 Å². The number of hydrogen-bond donors (Lipinski definition) is 1. The van der Waals surface area contributed by atoms with E-state index in [-0.39, 0.29) is 17.4 Å². The van der Waals surface area contributed by atoms with Gasteiger partial charge in [0.15, 0.2) is 0 Å². The Kier molecular flexibility index (Phi) is 4.95. The van der Waals surface area contributed by atoms with Gasteiger partial charge in [0.2, 0.25) is 5.91 Å². The minimum atomic E-state index is -0.0290. The Labute approximate surface area is 105 Å². The molecule has 1 rings (SSSR count). The molecule has 1 aliphatic heterocycles. The fourth-order valence-corrected chi connectivity index (χ4v) is 1.94. The van der Waals surface area contributed by atoms with E-state index in [1.165, 1.54) is 0 Å². The molecule has 1 N–H and O–H groups in total. The van der Waals surface area contributed by atoms with Gasteiger partial charge in [-0.25, -0.2) is 0 Å². The Morgan fingerprint density at radius 1 is 1.47 bits per heavy atom. The van der Waals surface area contributed by atoms with E-state index < -0.39 is 0 Å². The fourth-order valence-electron chi connectivity index (χ4n) is 1.94. The van der Waals surface area contributed by atoms with Crippen LogP contribution in [0.3, 0.4) is 0 Å². The smallest absolute Gasteiger partial charge is 0.240 e. The zero-order valence-electron chi connectivity index (χ0n) is 11.9. The maximum atomic E-state index is 12.2. The van der Waals surface area contributed by atoms with Gasteiger partial charge in [0.05, 0.1) is 6.04 Å². The van der Waals surface area contributed by atoms with E-state index in [0.29, 0.717) is 0 Å². The first-order valence-corrected chi connectivity index (χ1v) is 6.46. The summed E-state index contributed by atoms with van der Waals surface area (Å²) in [5, 5.41) is 3.29. The summed E-state index contributed by atoms with van der Waals surface area (Å²) >= 11 is 0. The lowest BCUT2D eigenvalue weighted by Gasteiger charge is -2.33. The standard InChI is InChI=1S/C13H27N3O/c1-13(2,3)6-8-16(5)12(17)11-10-15(4)9-7-14-11/h11,14H,6-10H2,1-5H3. The molecule has 0 aliphatic carbocycles. The molecule has 0 saturated carbocycles. The van der Waals surface area contributed by atoms with Crippen LogP contribution in [0.5, 0.6) is 0 Å². The molecule has 1 amide bonds. The number of nitrogens with one attached hydrogen (secondary N) is 1. The third-order valence-electron chi connectivity index (χ3n) is 3.25. The molecule has 0 aromatic carbocycles. The van der Waals surface area contributed by atoms with E-state index in [9.17, 15) is 4.79 Å². The lowest BCUT2D eigenvalue weighted by Crippen LogP contribution is -2.56. The number of nitrogens with zero attached hydrogens (tertiary/aromatic N) is 2. The van der Waals surface area contributed by atoms with Crippen LogP contribution < -0.4 is 5.32 Å². The average molecular weight is 241 g/mol. The Morgan fingerprint density at radius 3 is 2.65 bits per heavy atom. The molecule has 0 spiro atoms. The third kappa shape index (κ3) is 5.04. The summed E-state index contributed by atoms with van der Waals surface area (Å²) in [5.74, 6) is 0.223. The van der Waals surface area contributed by atoms with E-state index >= 15 is 0 Å². The predicted octanol–water partition coefficient (Wildman–Crippen LogP) is 0.785. The second-order valence-corrected chi connectivity index (χ2v) is 6.34. The summed E-state index contributed by atoms with van der Waals surface area (Å²) in [7, 11) is 3.97. The van der Waals surface area contributed by atoms with Crippen molar-refractivity contribution in [3.8, 4) is 0 Å². The van der Waals surface area contributed by atoms with Crippen LogP contribution in [0.15, 0.2) is 0 Å². The molecule has 1 fully saturated rings. The molecule has 1 heterocycles. The van der Waals surface area contributed by atoms with E-state index in [0.717, 1.165) is 32.6 Å². The van der Waals surface area contributed by atoms with Gasteiger partial charge >= 0.3 is 0 Å². The van der Waals surface area contributed by atoms with Crippen molar-refractivity contribution < 1.29 is 4.79 Å². The number of rotatable bonds is 3. The molecule has 4 nitrogen and oxygen atoms in total. The summed E-state index contributed by atoms with van der Waals surface area (Å²) in [5.41, 5.74) is 0.283. The lowest BCUT2D eigenvalue weighted by molar-refractivity contribution is -0.133. The first-order chi connectivity index (χ1) is 7.79. The topological polar surface area (TPSA) is 35.6 Å². The van der Waals surface area contributed by atoms with Crippen LogP contribution in [0.25, 0.3) is 0 Å². The Bertz CT molecular complexity index is 260. The zero-order valence-corrected chi connectivity index (χ0v) is 11.9. The number of amides is 1. The van der Waals surface area contributed by atoms with Crippen molar-refractivity contribution in [3.63, 3.8) is 0 Å². The highest BCUT2D eigenvalue weighted by Gasteiger charge is 2.26. The molecule has 0 bridgehead atoms. The van der Waals surface area contributed by atoms with E-state index in [1.807, 2.05) is 11.9 Å². The molecule has 4 heteroatoms. The quantitative estimate of drug-likeness (QED) is 0.793. The van der Waals surface area contributed by atoms with E-state index in [4.69, 9.17) is 0 Å². The predicted molar refractivity (Wildman–Crippen MR) is 71.0 cm³/mol. The van der Waals surface area contributed by atoms with Crippen molar-refractivity contribution in [1.29, 1.82) is 0 Å². The first-order valence-electron chi connectivity index (χ1n) is 6.46. The van der Waals surface area contributed by atoms with Gasteiger partial charge in [-0.05, 0) is 18.9 Å². The number of carbonyl (C=O) groups is 1. The molecule has 0 radical (unpaired) electrons. The molecule has 1 atom stereocenters. The van der Waals surface area contributed by atoms with Crippen molar-refractivity contribution in [1.82, 2.24) is 15.1 Å². The van der Waals surface area contributed by atoms with Gasteiger partial charge in [0.25, 0.3) is 0 Å². The molecular weight excluding hydrogens is 214 g/mol. The molecule has 1 aliphatic rings. The monoisotopic (exact) mass is 241 g/mol. The molecule has 100 valence electrons. The van der Waals surface area contributed by atoms with Crippen LogP contribution >= 0.6 is 0 Å². The van der Waals surface area contributed by atoms with Gasteiger partial charge in [-0.1, -0.05) is 20.8 Å². The highest BCUT2D eigenvalue weighted by atomic mass is 16.2. The highest BCUT2D eigenvalue weighted by Crippen LogP contribution is 2.18. The van der Waals surface area contributed by atoms with Gasteiger partial charge in [-0.3, -0.25) is 4.79 Å². The van der Waals surface area contributed by atoms with Gasteiger partial charge in [-0.2, -0.15) is 0 Å². The Morgan fingerprint density at radius 2 is 2.12 bits per heavy atom. The highest BCUT2D eigenvalue weighted by molar-refractivity contribution is 5.82. The summed E-state index contributed by atoms with van der Waals surface area (Å²) in [4.78, 5) is 16.3. The van der Waals surface area contributed by atoms with Crippen molar-refractivity contribution >= 4 is 5.91 Å². The lowest BCUT2D eigenvalue weighted by atomic mass is 9.92. The molecule has 1 saturated heterocycles. The van der Waals surface area contributed by atoms with Crippen LogP contribution in [0, 0.1) is 5.41 Å². The molecule has 0 aromatic heterocycles. The zero-order chi connectivity index (χ0) is 13.1. The number of likely N-dealkylation sites (N-methyl/N-ethyl adjacent to an activating group) is 2. The second kappa shape index (κ2) is 5.83. The number of hydrogen-bond acceptors (Lipinski definition) is 3. The van der Waals surface area contributed by atoms with Crippen molar-refractivity contribution in [3.05, 3.63) is 0 Å². The SMILES string of the molecule is CN1CCNC(C(=O)N(C)CCC(C)(C)C)C1. The van der Waals surface area contributed by atoms with Crippen LogP contribution in [-0.2, 0) is 4.79 Å². The van der Waals surface area contributed by atoms with Crippen molar-refractivity contribution in [2.45, 2.75) is 33.2 Å². The largest absolute Gasteiger partial charge is 0.344 e. The summed E-state index contributed by atoms with van der Waals surface area (Å²) < 4.78 is 0. The van der Waals surface area contributed by atoms with Gasteiger partial charge < -0.3 is 15.1 Å². The van der Waals surface area contributed by atoms with Crippen molar-refractivity contribution in [2.75, 3.05) is 40.3 Å². The van der Waals surface area contributed by atoms with Crippen molar-refractivity contribution in [2.24, 2.45) is 5.41 Å². The molecular formula is C13H27N3O. The van der Waals surface area contributed by atoms with Gasteiger partial charge in [0, 0.05) is 33.2 Å².